The van der Waals surface area contributed by atoms with Crippen LogP contribution in [-0.2, 0) is 6.61 Å². The number of hydrogen-bond acceptors (Lipinski definition) is 5. The van der Waals surface area contributed by atoms with Gasteiger partial charge >= 0.3 is 0 Å². The Kier molecular flexibility index (Phi) is 5.70. The molecule has 0 spiro atoms. The van der Waals surface area contributed by atoms with Gasteiger partial charge in [0.2, 0.25) is 0 Å². The van der Waals surface area contributed by atoms with E-state index < -0.39 is 0 Å². The van der Waals surface area contributed by atoms with Crippen LogP contribution in [0.5, 0.6) is 5.75 Å². The third kappa shape index (κ3) is 4.83. The molecule has 0 bridgehead atoms. The second-order valence-corrected chi connectivity index (χ2v) is 7.72. The fraction of sp³-hybridized carbons (Fsp3) is 0.0400. The van der Waals surface area contributed by atoms with Crippen LogP contribution in [0.3, 0.4) is 0 Å². The summed E-state index contributed by atoms with van der Waals surface area (Å²) in [5.74, 6) is 0.979. The summed E-state index contributed by atoms with van der Waals surface area (Å²) >= 11 is 6.00. The first-order valence-electron chi connectivity index (χ1n) is 10.2. The van der Waals surface area contributed by atoms with Crippen LogP contribution in [0.2, 0.25) is 5.02 Å². The minimum Gasteiger partial charge on any atom is -0.486 e. The van der Waals surface area contributed by atoms with E-state index in [0.29, 0.717) is 27.9 Å². The molecule has 0 radical (unpaired) electrons. The number of carbonyl (C=O) groups is 1. The fourth-order valence-corrected chi connectivity index (χ4v) is 3.50. The Hall–Kier alpha value is -4.23. The number of fused-ring (bicyclic) bond motifs is 2. The van der Waals surface area contributed by atoms with E-state index in [0.717, 1.165) is 21.9 Å². The van der Waals surface area contributed by atoms with Crippen LogP contribution in [0.15, 0.2) is 84.0 Å². The maximum absolute atomic E-state index is 12.4. The number of benzene rings is 3. The van der Waals surface area contributed by atoms with Gasteiger partial charge in [-0.15, -0.1) is 0 Å². The number of hydrazone groups is 1. The van der Waals surface area contributed by atoms with Gasteiger partial charge in [0.05, 0.1) is 28.5 Å². The summed E-state index contributed by atoms with van der Waals surface area (Å²) in [6.07, 6.45) is 1.52. The van der Waals surface area contributed by atoms with Crippen molar-refractivity contribution in [3.63, 3.8) is 0 Å². The van der Waals surface area contributed by atoms with Crippen molar-refractivity contribution in [3.05, 3.63) is 101 Å². The SMILES string of the molecule is O=C(N/N=C/c1ccc2ccccc2n1)c1ccc(OCc2nc3ccc(Cl)cc3[nH]2)cc1. The molecule has 0 saturated heterocycles. The smallest absolute Gasteiger partial charge is 0.271 e. The van der Waals surface area contributed by atoms with Crippen molar-refractivity contribution >= 4 is 45.7 Å². The van der Waals surface area contributed by atoms with E-state index in [1.54, 1.807) is 30.3 Å². The van der Waals surface area contributed by atoms with Crippen molar-refractivity contribution in [3.8, 4) is 5.75 Å². The molecule has 0 aliphatic rings. The van der Waals surface area contributed by atoms with Gasteiger partial charge in [0.25, 0.3) is 5.91 Å². The zero-order chi connectivity index (χ0) is 22.6. The molecule has 0 unspecified atom stereocenters. The summed E-state index contributed by atoms with van der Waals surface area (Å²) < 4.78 is 5.76. The number of halogens is 1. The van der Waals surface area contributed by atoms with Crippen LogP contribution in [0.25, 0.3) is 21.9 Å². The second-order valence-electron chi connectivity index (χ2n) is 7.29. The lowest BCUT2D eigenvalue weighted by atomic mass is 10.2. The lowest BCUT2D eigenvalue weighted by Crippen LogP contribution is -2.17. The third-order valence-corrected chi connectivity index (χ3v) is 5.20. The molecule has 2 aromatic heterocycles. The summed E-state index contributed by atoms with van der Waals surface area (Å²) in [6.45, 7) is 0.265. The second kappa shape index (κ2) is 9.10. The van der Waals surface area contributed by atoms with E-state index in [1.165, 1.54) is 6.21 Å². The molecular weight excluding hydrogens is 438 g/mol. The molecule has 8 heteroatoms. The minimum absolute atomic E-state index is 0.265. The number of para-hydroxylation sites is 1. The number of imidazole rings is 1. The number of rotatable bonds is 6. The van der Waals surface area contributed by atoms with Gasteiger partial charge in [-0.3, -0.25) is 4.79 Å². The first-order valence-corrected chi connectivity index (χ1v) is 10.6. The first-order chi connectivity index (χ1) is 16.1. The summed E-state index contributed by atoms with van der Waals surface area (Å²) in [6, 6.07) is 23.9. The molecule has 33 heavy (non-hydrogen) atoms. The van der Waals surface area contributed by atoms with Crippen molar-refractivity contribution in [2.75, 3.05) is 0 Å². The molecule has 5 rings (SSSR count). The number of aromatic nitrogens is 3. The third-order valence-electron chi connectivity index (χ3n) is 4.97. The highest BCUT2D eigenvalue weighted by Gasteiger charge is 2.07. The van der Waals surface area contributed by atoms with Crippen molar-refractivity contribution in [1.82, 2.24) is 20.4 Å². The number of aromatic amines is 1. The number of nitrogens with zero attached hydrogens (tertiary/aromatic N) is 3. The predicted octanol–water partition coefficient (Wildman–Crippen LogP) is 5.11. The molecule has 7 nitrogen and oxygen atoms in total. The summed E-state index contributed by atoms with van der Waals surface area (Å²) in [4.78, 5) is 24.5. The minimum atomic E-state index is -0.326. The topological polar surface area (TPSA) is 92.3 Å². The molecule has 162 valence electrons. The molecule has 0 aliphatic carbocycles. The quantitative estimate of drug-likeness (QED) is 0.275. The number of pyridine rings is 1. The predicted molar refractivity (Wildman–Crippen MR) is 129 cm³/mol. The maximum Gasteiger partial charge on any atom is 0.271 e. The van der Waals surface area contributed by atoms with Gasteiger partial charge in [-0.25, -0.2) is 15.4 Å². The normalized spacial score (nSPS) is 11.3. The average molecular weight is 456 g/mol. The number of amides is 1. The molecule has 1 amide bonds. The van der Waals surface area contributed by atoms with Crippen LogP contribution < -0.4 is 10.2 Å². The number of carbonyl (C=O) groups excluding carboxylic acids is 1. The van der Waals surface area contributed by atoms with Gasteiger partial charge in [-0.1, -0.05) is 35.9 Å². The lowest BCUT2D eigenvalue weighted by molar-refractivity contribution is 0.0955. The molecule has 0 aliphatic heterocycles. The number of nitrogens with one attached hydrogen (secondary N) is 2. The molecule has 5 aromatic rings. The highest BCUT2D eigenvalue weighted by atomic mass is 35.5. The van der Waals surface area contributed by atoms with Crippen LogP contribution in [0, 0.1) is 0 Å². The first kappa shape index (κ1) is 20.7. The highest BCUT2D eigenvalue weighted by molar-refractivity contribution is 6.31. The Morgan fingerprint density at radius 3 is 2.73 bits per heavy atom. The van der Waals surface area contributed by atoms with Crippen LogP contribution in [-0.4, -0.2) is 27.1 Å². The Labute approximate surface area is 194 Å². The molecule has 0 fully saturated rings. The molecular formula is C25H18ClN5O2. The van der Waals surface area contributed by atoms with E-state index in [-0.39, 0.29) is 12.5 Å². The molecule has 2 heterocycles. The van der Waals surface area contributed by atoms with Crippen molar-refractivity contribution in [2.45, 2.75) is 6.61 Å². The fourth-order valence-electron chi connectivity index (χ4n) is 3.33. The Morgan fingerprint density at radius 2 is 1.85 bits per heavy atom. The Morgan fingerprint density at radius 1 is 1.00 bits per heavy atom. The van der Waals surface area contributed by atoms with E-state index in [4.69, 9.17) is 16.3 Å². The van der Waals surface area contributed by atoms with Crippen molar-refractivity contribution in [2.24, 2.45) is 5.10 Å². The van der Waals surface area contributed by atoms with E-state index in [1.807, 2.05) is 48.5 Å². The Bertz CT molecular complexity index is 1480. The molecule has 0 atom stereocenters. The number of H-pyrrole nitrogens is 1. The monoisotopic (exact) mass is 455 g/mol. The summed E-state index contributed by atoms with van der Waals surface area (Å²) in [5, 5.41) is 5.70. The standard InChI is InChI=1S/C25H18ClN5O2/c26-18-8-12-22-23(13-18)30-24(29-22)15-33-20-10-6-17(7-11-20)25(32)31-27-14-19-9-5-16-3-1-2-4-21(16)28-19/h1-14H,15H2,(H,29,30)(H,31,32)/b27-14+. The van der Waals surface area contributed by atoms with E-state index in [9.17, 15) is 4.79 Å². The van der Waals surface area contributed by atoms with Gasteiger partial charge in [-0.2, -0.15) is 5.10 Å². The Balaban J connectivity index is 1.17. The maximum atomic E-state index is 12.4. The van der Waals surface area contributed by atoms with Crippen molar-refractivity contribution < 1.29 is 9.53 Å². The summed E-state index contributed by atoms with van der Waals surface area (Å²) in [5.41, 5.74) is 6.18. The average Bonchev–Trinajstić information content (AvgIpc) is 3.25. The van der Waals surface area contributed by atoms with Gasteiger partial charge < -0.3 is 9.72 Å². The number of hydrogen-bond donors (Lipinski definition) is 2. The number of ether oxygens (including phenoxy) is 1. The zero-order valence-corrected chi connectivity index (χ0v) is 18.1. The van der Waals surface area contributed by atoms with Gasteiger partial charge in [0.1, 0.15) is 18.2 Å². The zero-order valence-electron chi connectivity index (χ0n) is 17.3. The molecule has 2 N–H and O–H groups in total. The summed E-state index contributed by atoms with van der Waals surface area (Å²) in [7, 11) is 0. The van der Waals surface area contributed by atoms with Gasteiger partial charge in [-0.05, 0) is 54.6 Å². The van der Waals surface area contributed by atoms with E-state index in [2.05, 4.69) is 25.5 Å². The molecule has 0 saturated carbocycles. The lowest BCUT2D eigenvalue weighted by Gasteiger charge is -2.05. The van der Waals surface area contributed by atoms with E-state index >= 15 is 0 Å². The van der Waals surface area contributed by atoms with Crippen LogP contribution >= 0.6 is 11.6 Å². The van der Waals surface area contributed by atoms with Crippen LogP contribution in [0.4, 0.5) is 0 Å². The van der Waals surface area contributed by atoms with Crippen molar-refractivity contribution in [1.29, 1.82) is 0 Å². The molecule has 3 aromatic carbocycles. The highest BCUT2D eigenvalue weighted by Crippen LogP contribution is 2.19. The van der Waals surface area contributed by atoms with Gasteiger partial charge in [0, 0.05) is 16.0 Å². The van der Waals surface area contributed by atoms with Crippen LogP contribution in [0.1, 0.15) is 21.9 Å². The van der Waals surface area contributed by atoms with Gasteiger partial charge in [0.15, 0.2) is 0 Å². The largest absolute Gasteiger partial charge is 0.486 e.